The average molecular weight is 280 g/mol. The summed E-state index contributed by atoms with van der Waals surface area (Å²) in [5.74, 6) is 0.777. The summed E-state index contributed by atoms with van der Waals surface area (Å²) in [6.07, 6.45) is 5.17. The molecule has 1 aromatic carbocycles. The molecular weight excluding hydrogens is 258 g/mol. The number of hydrogen-bond acceptors (Lipinski definition) is 2. The van der Waals surface area contributed by atoms with Crippen molar-refractivity contribution in [2.24, 2.45) is 5.92 Å². The lowest BCUT2D eigenvalue weighted by Gasteiger charge is -2.46. The van der Waals surface area contributed by atoms with Crippen LogP contribution in [0.1, 0.15) is 44.3 Å². The Bertz CT molecular complexity index is 429. The van der Waals surface area contributed by atoms with Crippen LogP contribution in [0.15, 0.2) is 24.3 Å². The van der Waals surface area contributed by atoms with Gasteiger partial charge in [0.1, 0.15) is 0 Å². The van der Waals surface area contributed by atoms with Crippen molar-refractivity contribution in [1.29, 1.82) is 0 Å². The van der Waals surface area contributed by atoms with Crippen molar-refractivity contribution < 1.29 is 4.74 Å². The van der Waals surface area contributed by atoms with E-state index in [1.165, 1.54) is 31.2 Å². The van der Waals surface area contributed by atoms with Crippen LogP contribution in [-0.4, -0.2) is 18.7 Å². The van der Waals surface area contributed by atoms with Crippen LogP contribution in [0.4, 0.5) is 0 Å². The molecule has 1 saturated heterocycles. The highest BCUT2D eigenvalue weighted by Crippen LogP contribution is 2.40. The number of morpholine rings is 1. The van der Waals surface area contributed by atoms with Crippen LogP contribution in [0.3, 0.4) is 0 Å². The maximum Gasteiger partial charge on any atom is 0.0957 e. The molecule has 1 aliphatic heterocycles. The molecule has 1 N–H and O–H groups in total. The van der Waals surface area contributed by atoms with Crippen LogP contribution in [0.5, 0.6) is 0 Å². The molecule has 2 fully saturated rings. The summed E-state index contributed by atoms with van der Waals surface area (Å²) in [7, 11) is 0. The molecule has 1 aromatic rings. The normalized spacial score (nSPS) is 35.5. The van der Waals surface area contributed by atoms with Crippen molar-refractivity contribution in [2.45, 2.75) is 44.3 Å². The molecule has 1 heterocycles. The van der Waals surface area contributed by atoms with Crippen molar-refractivity contribution in [1.82, 2.24) is 5.32 Å². The Morgan fingerprint density at radius 2 is 2.11 bits per heavy atom. The highest BCUT2D eigenvalue weighted by atomic mass is 35.5. The molecule has 3 heteroatoms. The monoisotopic (exact) mass is 279 g/mol. The summed E-state index contributed by atoms with van der Waals surface area (Å²) in [6, 6.07) is 8.07. The van der Waals surface area contributed by atoms with Gasteiger partial charge < -0.3 is 10.1 Å². The molecule has 3 rings (SSSR count). The van der Waals surface area contributed by atoms with Gasteiger partial charge in [0.15, 0.2) is 0 Å². The Labute approximate surface area is 120 Å². The molecule has 2 nitrogen and oxygen atoms in total. The summed E-state index contributed by atoms with van der Waals surface area (Å²) in [4.78, 5) is 0. The second-order valence-electron chi connectivity index (χ2n) is 6.17. The molecule has 3 atom stereocenters. The first-order chi connectivity index (χ1) is 9.17. The molecule has 104 valence electrons. The van der Waals surface area contributed by atoms with Crippen molar-refractivity contribution >= 4 is 11.6 Å². The average Bonchev–Trinajstić information content (AvgIpc) is 2.39. The summed E-state index contributed by atoms with van der Waals surface area (Å²) in [5.41, 5.74) is 1.29. The first kappa shape index (κ1) is 13.4. The summed E-state index contributed by atoms with van der Waals surface area (Å²) in [6.45, 7) is 4.25. The zero-order valence-corrected chi connectivity index (χ0v) is 12.2. The number of nitrogens with one attached hydrogen (secondary N) is 1. The van der Waals surface area contributed by atoms with Gasteiger partial charge in [-0.2, -0.15) is 0 Å². The fourth-order valence-corrected chi connectivity index (χ4v) is 3.68. The standard InChI is InChI=1S/C16H22ClNO/c1-12-3-2-8-16(9-12)11-18-10-15(19-16)13-4-6-14(17)7-5-13/h4-7,12,15,18H,2-3,8-11H2,1H3. The van der Waals surface area contributed by atoms with Gasteiger partial charge in [-0.05, 0) is 36.5 Å². The second kappa shape index (κ2) is 5.43. The van der Waals surface area contributed by atoms with E-state index in [4.69, 9.17) is 16.3 Å². The Morgan fingerprint density at radius 1 is 1.32 bits per heavy atom. The van der Waals surface area contributed by atoms with E-state index in [0.29, 0.717) is 0 Å². The van der Waals surface area contributed by atoms with E-state index in [9.17, 15) is 0 Å². The van der Waals surface area contributed by atoms with Gasteiger partial charge in [0.2, 0.25) is 0 Å². The quantitative estimate of drug-likeness (QED) is 0.840. The molecule has 0 radical (unpaired) electrons. The van der Waals surface area contributed by atoms with E-state index in [2.05, 4.69) is 24.4 Å². The lowest BCUT2D eigenvalue weighted by atomic mass is 9.77. The predicted octanol–water partition coefficient (Wildman–Crippen LogP) is 3.95. The third-order valence-corrected chi connectivity index (χ3v) is 4.71. The van der Waals surface area contributed by atoms with Crippen molar-refractivity contribution in [2.75, 3.05) is 13.1 Å². The third kappa shape index (κ3) is 2.96. The van der Waals surface area contributed by atoms with E-state index < -0.39 is 0 Å². The van der Waals surface area contributed by atoms with E-state index >= 15 is 0 Å². The van der Waals surface area contributed by atoms with Gasteiger partial charge in [0.25, 0.3) is 0 Å². The number of rotatable bonds is 1. The van der Waals surface area contributed by atoms with Crippen molar-refractivity contribution in [3.05, 3.63) is 34.9 Å². The van der Waals surface area contributed by atoms with Gasteiger partial charge in [0.05, 0.1) is 11.7 Å². The summed E-state index contributed by atoms with van der Waals surface area (Å²) in [5, 5.41) is 4.36. The van der Waals surface area contributed by atoms with Crippen LogP contribution in [0, 0.1) is 5.92 Å². The predicted molar refractivity (Wildman–Crippen MR) is 78.5 cm³/mol. The SMILES string of the molecule is CC1CCCC2(CNCC(c3ccc(Cl)cc3)O2)C1. The van der Waals surface area contributed by atoms with E-state index in [1.54, 1.807) is 0 Å². The van der Waals surface area contributed by atoms with Crippen LogP contribution in [-0.2, 0) is 4.74 Å². The van der Waals surface area contributed by atoms with Gasteiger partial charge in [0, 0.05) is 18.1 Å². The molecule has 1 saturated carbocycles. The largest absolute Gasteiger partial charge is 0.364 e. The Kier molecular flexibility index (Phi) is 3.84. The van der Waals surface area contributed by atoms with E-state index in [-0.39, 0.29) is 11.7 Å². The molecule has 19 heavy (non-hydrogen) atoms. The van der Waals surface area contributed by atoms with Crippen LogP contribution >= 0.6 is 11.6 Å². The minimum absolute atomic E-state index is 0.0558. The third-order valence-electron chi connectivity index (χ3n) is 4.46. The maximum absolute atomic E-state index is 6.51. The fourth-order valence-electron chi connectivity index (χ4n) is 3.56. The number of benzene rings is 1. The number of hydrogen-bond donors (Lipinski definition) is 1. The summed E-state index contributed by atoms with van der Waals surface area (Å²) < 4.78 is 6.51. The molecular formula is C16H22ClNO. The number of halogens is 1. The molecule has 0 bridgehead atoms. The zero-order chi connectivity index (χ0) is 13.3. The highest BCUT2D eigenvalue weighted by Gasteiger charge is 2.40. The molecule has 3 unspecified atom stereocenters. The lowest BCUT2D eigenvalue weighted by molar-refractivity contribution is -0.143. The maximum atomic E-state index is 6.51. The molecule has 1 spiro atoms. The molecule has 2 aliphatic rings. The van der Waals surface area contributed by atoms with E-state index in [0.717, 1.165) is 24.0 Å². The molecule has 1 aliphatic carbocycles. The van der Waals surface area contributed by atoms with Crippen LogP contribution in [0.2, 0.25) is 5.02 Å². The van der Waals surface area contributed by atoms with Crippen molar-refractivity contribution in [3.63, 3.8) is 0 Å². The number of ether oxygens (including phenoxy) is 1. The van der Waals surface area contributed by atoms with E-state index in [1.807, 2.05) is 12.1 Å². The molecule has 0 aromatic heterocycles. The fraction of sp³-hybridized carbons (Fsp3) is 0.625. The Hall–Kier alpha value is -0.570. The van der Waals surface area contributed by atoms with Gasteiger partial charge >= 0.3 is 0 Å². The minimum atomic E-state index is 0.0558. The first-order valence-electron chi connectivity index (χ1n) is 7.31. The highest BCUT2D eigenvalue weighted by molar-refractivity contribution is 6.30. The molecule has 0 amide bonds. The van der Waals surface area contributed by atoms with Crippen LogP contribution in [0.25, 0.3) is 0 Å². The first-order valence-corrected chi connectivity index (χ1v) is 7.69. The topological polar surface area (TPSA) is 21.3 Å². The van der Waals surface area contributed by atoms with Crippen molar-refractivity contribution in [3.8, 4) is 0 Å². The lowest BCUT2D eigenvalue weighted by Crippen LogP contribution is -2.52. The summed E-state index contributed by atoms with van der Waals surface area (Å²) >= 11 is 5.96. The zero-order valence-electron chi connectivity index (χ0n) is 11.5. The Balaban J connectivity index is 1.75. The van der Waals surface area contributed by atoms with Crippen LogP contribution < -0.4 is 5.32 Å². The Morgan fingerprint density at radius 3 is 2.84 bits per heavy atom. The smallest absolute Gasteiger partial charge is 0.0957 e. The van der Waals surface area contributed by atoms with Gasteiger partial charge in [-0.15, -0.1) is 0 Å². The second-order valence-corrected chi connectivity index (χ2v) is 6.61. The van der Waals surface area contributed by atoms with Gasteiger partial charge in [-0.3, -0.25) is 0 Å². The minimum Gasteiger partial charge on any atom is -0.364 e. The van der Waals surface area contributed by atoms with Gasteiger partial charge in [-0.1, -0.05) is 43.5 Å². The van der Waals surface area contributed by atoms with Gasteiger partial charge in [-0.25, -0.2) is 0 Å².